The first-order chi connectivity index (χ1) is 13.2. The molecular formula is C16H21ClF3N3O5S. The highest BCUT2D eigenvalue weighted by atomic mass is 35.5. The fraction of sp³-hybridized carbons (Fsp3) is 0.562. The SMILES string of the molecule is CC(O)C1CNCCN1S(=O)(=O)c1ccc(NC(=O)[C@@](C)(O)C(F)(F)F)c(Cl)c1. The van der Waals surface area contributed by atoms with Gasteiger partial charge < -0.3 is 20.8 Å². The van der Waals surface area contributed by atoms with Gasteiger partial charge in [-0.15, -0.1) is 0 Å². The zero-order chi connectivity index (χ0) is 22.2. The number of aliphatic hydroxyl groups is 2. The van der Waals surface area contributed by atoms with Gasteiger partial charge in [0.1, 0.15) is 0 Å². The lowest BCUT2D eigenvalue weighted by atomic mass is 10.1. The van der Waals surface area contributed by atoms with Gasteiger partial charge in [0.25, 0.3) is 5.91 Å². The normalized spacial score (nSPS) is 22.0. The number of halogens is 4. The fourth-order valence-corrected chi connectivity index (χ4v) is 4.69. The number of carbonyl (C=O) groups excluding carboxylic acids is 1. The number of amides is 1. The van der Waals surface area contributed by atoms with E-state index in [4.69, 9.17) is 11.6 Å². The molecule has 1 aliphatic rings. The Labute approximate surface area is 170 Å². The van der Waals surface area contributed by atoms with E-state index in [0.717, 1.165) is 22.5 Å². The maximum Gasteiger partial charge on any atom is 0.426 e. The number of sulfonamides is 1. The van der Waals surface area contributed by atoms with Gasteiger partial charge in [0.05, 0.1) is 27.8 Å². The lowest BCUT2D eigenvalue weighted by Crippen LogP contribution is -2.57. The van der Waals surface area contributed by atoms with Crippen LogP contribution in [-0.2, 0) is 14.8 Å². The molecule has 13 heteroatoms. The summed E-state index contributed by atoms with van der Waals surface area (Å²) in [6.07, 6.45) is -6.17. The van der Waals surface area contributed by atoms with E-state index in [1.165, 1.54) is 6.92 Å². The second kappa shape index (κ2) is 8.36. The van der Waals surface area contributed by atoms with Crippen LogP contribution in [0.5, 0.6) is 0 Å². The highest BCUT2D eigenvalue weighted by Gasteiger charge is 2.55. The van der Waals surface area contributed by atoms with Crippen LogP contribution >= 0.6 is 11.6 Å². The molecule has 1 aliphatic heterocycles. The molecule has 164 valence electrons. The summed E-state index contributed by atoms with van der Waals surface area (Å²) in [7, 11) is -4.07. The summed E-state index contributed by atoms with van der Waals surface area (Å²) in [6, 6.07) is 2.36. The van der Waals surface area contributed by atoms with E-state index in [-0.39, 0.29) is 35.6 Å². The topological polar surface area (TPSA) is 119 Å². The van der Waals surface area contributed by atoms with Gasteiger partial charge in [0.15, 0.2) is 0 Å². The molecule has 3 atom stereocenters. The van der Waals surface area contributed by atoms with Crippen LogP contribution < -0.4 is 10.6 Å². The maximum atomic E-state index is 12.9. The number of alkyl halides is 3. The highest BCUT2D eigenvalue weighted by Crippen LogP contribution is 2.33. The molecule has 0 bridgehead atoms. The largest absolute Gasteiger partial charge is 0.426 e. The molecule has 0 radical (unpaired) electrons. The standard InChI is InChI=1S/C16H21ClF3N3O5S/c1-9(24)13-8-21-5-6-23(13)29(27,28)10-3-4-12(11(17)7-10)22-14(25)15(2,26)16(18,19)20/h3-4,7,9,13,21,24,26H,5-6,8H2,1-2H3,(H,22,25)/t9?,13?,15-/m1/s1. The van der Waals surface area contributed by atoms with Crippen molar-refractivity contribution in [2.75, 3.05) is 25.0 Å². The quantitative estimate of drug-likeness (QED) is 0.520. The zero-order valence-corrected chi connectivity index (χ0v) is 17.1. The minimum atomic E-state index is -5.22. The van der Waals surface area contributed by atoms with Gasteiger partial charge in [0, 0.05) is 19.6 Å². The third-order valence-corrected chi connectivity index (χ3v) is 6.81. The summed E-state index contributed by atoms with van der Waals surface area (Å²) in [5, 5.41) is 23.8. The minimum Gasteiger partial charge on any atom is -0.392 e. The van der Waals surface area contributed by atoms with Crippen molar-refractivity contribution in [2.24, 2.45) is 0 Å². The third-order valence-electron chi connectivity index (χ3n) is 4.58. The number of anilines is 1. The number of rotatable bonds is 5. The van der Waals surface area contributed by atoms with Crippen LogP contribution in [0.3, 0.4) is 0 Å². The van der Waals surface area contributed by atoms with Crippen molar-refractivity contribution in [1.82, 2.24) is 9.62 Å². The fourth-order valence-electron chi connectivity index (χ4n) is 2.68. The van der Waals surface area contributed by atoms with Crippen LogP contribution in [0.25, 0.3) is 0 Å². The Balaban J connectivity index is 2.30. The first-order valence-electron chi connectivity index (χ1n) is 8.50. The molecule has 1 fully saturated rings. The number of hydrogen-bond donors (Lipinski definition) is 4. The van der Waals surface area contributed by atoms with Crippen LogP contribution in [0.2, 0.25) is 5.02 Å². The van der Waals surface area contributed by atoms with Gasteiger partial charge in [0.2, 0.25) is 15.6 Å². The second-order valence-corrected chi connectivity index (χ2v) is 9.09. The highest BCUT2D eigenvalue weighted by molar-refractivity contribution is 7.89. The molecule has 0 aliphatic carbocycles. The van der Waals surface area contributed by atoms with Crippen LogP contribution in [-0.4, -0.2) is 72.4 Å². The zero-order valence-electron chi connectivity index (χ0n) is 15.5. The van der Waals surface area contributed by atoms with E-state index < -0.39 is 39.9 Å². The van der Waals surface area contributed by atoms with E-state index in [9.17, 15) is 36.6 Å². The average molecular weight is 460 g/mol. The van der Waals surface area contributed by atoms with Gasteiger partial charge in [-0.2, -0.15) is 17.5 Å². The summed E-state index contributed by atoms with van der Waals surface area (Å²) in [6.45, 7) is 2.46. The first kappa shape index (κ1) is 23.8. The van der Waals surface area contributed by atoms with Crippen molar-refractivity contribution < 1.29 is 36.6 Å². The molecule has 4 N–H and O–H groups in total. The van der Waals surface area contributed by atoms with Crippen LogP contribution in [0.15, 0.2) is 23.1 Å². The molecule has 29 heavy (non-hydrogen) atoms. The Morgan fingerprint density at radius 2 is 2.03 bits per heavy atom. The predicted molar refractivity (Wildman–Crippen MR) is 99.0 cm³/mol. The molecule has 1 aromatic carbocycles. The number of nitrogens with one attached hydrogen (secondary N) is 2. The molecule has 2 unspecified atom stereocenters. The van der Waals surface area contributed by atoms with Gasteiger partial charge in [-0.1, -0.05) is 11.6 Å². The van der Waals surface area contributed by atoms with E-state index >= 15 is 0 Å². The van der Waals surface area contributed by atoms with E-state index in [1.54, 1.807) is 0 Å². The van der Waals surface area contributed by atoms with Gasteiger partial charge in [-0.05, 0) is 32.0 Å². The summed E-state index contributed by atoms with van der Waals surface area (Å²) in [5.74, 6) is -1.77. The lowest BCUT2D eigenvalue weighted by Gasteiger charge is -2.36. The molecule has 1 saturated heterocycles. The van der Waals surface area contributed by atoms with Crippen LogP contribution in [0.1, 0.15) is 13.8 Å². The molecular weight excluding hydrogens is 439 g/mol. The summed E-state index contributed by atoms with van der Waals surface area (Å²) < 4.78 is 65.3. The molecule has 1 heterocycles. The van der Waals surface area contributed by atoms with Crippen LogP contribution in [0.4, 0.5) is 18.9 Å². The van der Waals surface area contributed by atoms with Crippen molar-refractivity contribution in [1.29, 1.82) is 0 Å². The Bertz CT molecular complexity index is 877. The summed E-state index contributed by atoms with van der Waals surface area (Å²) >= 11 is 5.96. The molecule has 1 aromatic rings. The van der Waals surface area contributed by atoms with E-state index in [1.807, 2.05) is 5.32 Å². The number of carbonyl (C=O) groups is 1. The Morgan fingerprint density at radius 1 is 1.41 bits per heavy atom. The van der Waals surface area contributed by atoms with Crippen molar-refractivity contribution in [3.8, 4) is 0 Å². The average Bonchev–Trinajstić information content (AvgIpc) is 2.62. The number of nitrogens with zero attached hydrogens (tertiary/aromatic N) is 1. The van der Waals surface area contributed by atoms with Crippen molar-refractivity contribution in [3.05, 3.63) is 23.2 Å². The van der Waals surface area contributed by atoms with Gasteiger partial charge >= 0.3 is 6.18 Å². The molecule has 2 rings (SSSR count). The second-order valence-electron chi connectivity index (χ2n) is 6.79. The number of piperazine rings is 1. The lowest BCUT2D eigenvalue weighted by molar-refractivity contribution is -0.242. The van der Waals surface area contributed by atoms with E-state index in [0.29, 0.717) is 6.54 Å². The maximum absolute atomic E-state index is 12.9. The number of aliphatic hydroxyl groups excluding tert-OH is 1. The van der Waals surface area contributed by atoms with Gasteiger partial charge in [-0.3, -0.25) is 4.79 Å². The molecule has 0 aromatic heterocycles. The van der Waals surface area contributed by atoms with Crippen molar-refractivity contribution in [3.63, 3.8) is 0 Å². The molecule has 0 spiro atoms. The first-order valence-corrected chi connectivity index (χ1v) is 10.3. The number of benzene rings is 1. The third kappa shape index (κ3) is 4.84. The Morgan fingerprint density at radius 3 is 2.55 bits per heavy atom. The molecule has 0 saturated carbocycles. The van der Waals surface area contributed by atoms with Crippen molar-refractivity contribution in [2.45, 2.75) is 42.7 Å². The summed E-state index contributed by atoms with van der Waals surface area (Å²) in [5.41, 5.74) is -3.96. The molecule has 8 nitrogen and oxygen atoms in total. The Hall–Kier alpha value is -1.44. The van der Waals surface area contributed by atoms with E-state index in [2.05, 4.69) is 5.32 Å². The number of hydrogen-bond acceptors (Lipinski definition) is 6. The van der Waals surface area contributed by atoms with Gasteiger partial charge in [-0.25, -0.2) is 8.42 Å². The predicted octanol–water partition coefficient (Wildman–Crippen LogP) is 0.935. The van der Waals surface area contributed by atoms with Crippen LogP contribution in [0, 0.1) is 0 Å². The smallest absolute Gasteiger partial charge is 0.392 e. The monoisotopic (exact) mass is 459 g/mol. The minimum absolute atomic E-state index is 0.0997. The van der Waals surface area contributed by atoms with Crippen molar-refractivity contribution >= 4 is 33.2 Å². The summed E-state index contributed by atoms with van der Waals surface area (Å²) in [4.78, 5) is 11.5. The Kier molecular flexibility index (Phi) is 6.87. The molecule has 1 amide bonds.